The predicted octanol–water partition coefficient (Wildman–Crippen LogP) is 4.59. The van der Waals surface area contributed by atoms with Crippen molar-refractivity contribution in [1.82, 2.24) is 3.97 Å². The summed E-state index contributed by atoms with van der Waals surface area (Å²) in [6.07, 6.45) is 3.27. The third kappa shape index (κ3) is 2.40. The van der Waals surface area contributed by atoms with Gasteiger partial charge in [0.1, 0.15) is 0 Å². The van der Waals surface area contributed by atoms with Gasteiger partial charge < -0.3 is 0 Å². The van der Waals surface area contributed by atoms with E-state index in [0.717, 1.165) is 21.0 Å². The summed E-state index contributed by atoms with van der Waals surface area (Å²) < 4.78 is 28.0. The molecule has 2 aromatic carbocycles. The topological polar surface area (TPSA) is 39.1 Å². The minimum Gasteiger partial charge on any atom is -0.240 e. The first kappa shape index (κ1) is 15.1. The molecule has 0 aliphatic carbocycles. The summed E-state index contributed by atoms with van der Waals surface area (Å²) in [4.78, 5) is 0.269. The van der Waals surface area contributed by atoms with Crippen molar-refractivity contribution in [3.8, 4) is 0 Å². The number of rotatable bonds is 3. The van der Waals surface area contributed by atoms with E-state index in [1.165, 1.54) is 3.97 Å². The van der Waals surface area contributed by atoms with E-state index in [2.05, 4.69) is 22.5 Å². The summed E-state index contributed by atoms with van der Waals surface area (Å²) in [6.45, 7) is 5.69. The highest BCUT2D eigenvalue weighted by Crippen LogP contribution is 2.29. The van der Waals surface area contributed by atoms with Gasteiger partial charge >= 0.3 is 0 Å². The second-order valence-corrected chi connectivity index (χ2v) is 7.79. The molecule has 3 rings (SSSR count). The molecule has 0 saturated heterocycles. The molecule has 0 saturated carbocycles. The van der Waals surface area contributed by atoms with Crippen molar-refractivity contribution in [3.63, 3.8) is 0 Å². The maximum Gasteiger partial charge on any atom is 0.268 e. The van der Waals surface area contributed by atoms with E-state index < -0.39 is 10.0 Å². The standard InChI is InChI=1S/C17H14BrNO2S/c1-3-13-11-19(17-10-14(18)6-9-16(13)17)22(20,21)15-7-4-12(2)5-8-15/h3-11H,1H2,2H3. The molecule has 3 aromatic rings. The Morgan fingerprint density at radius 1 is 1.14 bits per heavy atom. The molecule has 1 aromatic heterocycles. The Morgan fingerprint density at radius 2 is 1.82 bits per heavy atom. The van der Waals surface area contributed by atoms with Crippen LogP contribution in [0.1, 0.15) is 11.1 Å². The van der Waals surface area contributed by atoms with Gasteiger partial charge in [0.25, 0.3) is 10.0 Å². The van der Waals surface area contributed by atoms with E-state index in [9.17, 15) is 8.42 Å². The molecule has 22 heavy (non-hydrogen) atoms. The van der Waals surface area contributed by atoms with Crippen molar-refractivity contribution < 1.29 is 8.42 Å². The lowest BCUT2D eigenvalue weighted by atomic mass is 10.2. The summed E-state index contributed by atoms with van der Waals surface area (Å²) in [7, 11) is -3.64. The Labute approximate surface area is 138 Å². The fourth-order valence-electron chi connectivity index (χ4n) is 2.38. The van der Waals surface area contributed by atoms with Crippen LogP contribution in [0.5, 0.6) is 0 Å². The lowest BCUT2D eigenvalue weighted by molar-refractivity contribution is 0.589. The Morgan fingerprint density at radius 3 is 2.45 bits per heavy atom. The van der Waals surface area contributed by atoms with E-state index in [1.54, 1.807) is 42.6 Å². The van der Waals surface area contributed by atoms with Gasteiger partial charge in [-0.25, -0.2) is 12.4 Å². The molecular formula is C17H14BrNO2S. The van der Waals surface area contributed by atoms with Crippen molar-refractivity contribution >= 4 is 42.9 Å². The largest absolute Gasteiger partial charge is 0.268 e. The first-order valence-electron chi connectivity index (χ1n) is 6.69. The molecule has 3 nitrogen and oxygen atoms in total. The zero-order valence-corrected chi connectivity index (χ0v) is 14.4. The number of halogens is 1. The minimum atomic E-state index is -3.64. The van der Waals surface area contributed by atoms with Crippen molar-refractivity contribution in [2.24, 2.45) is 0 Å². The van der Waals surface area contributed by atoms with E-state index in [4.69, 9.17) is 0 Å². The third-order valence-electron chi connectivity index (χ3n) is 3.56. The summed E-state index contributed by atoms with van der Waals surface area (Å²) in [6, 6.07) is 12.4. The summed E-state index contributed by atoms with van der Waals surface area (Å²) in [5, 5.41) is 0.855. The van der Waals surface area contributed by atoms with Crippen LogP contribution in [0, 0.1) is 6.92 Å². The zero-order valence-electron chi connectivity index (χ0n) is 12.0. The maximum absolute atomic E-state index is 12.9. The van der Waals surface area contributed by atoms with Crippen LogP contribution in [-0.2, 0) is 10.0 Å². The second kappa shape index (κ2) is 5.41. The average molecular weight is 376 g/mol. The van der Waals surface area contributed by atoms with Crippen LogP contribution in [0.15, 0.2) is 64.6 Å². The van der Waals surface area contributed by atoms with E-state index >= 15 is 0 Å². The molecule has 0 spiro atoms. The van der Waals surface area contributed by atoms with Crippen LogP contribution < -0.4 is 0 Å². The lowest BCUT2D eigenvalue weighted by Crippen LogP contribution is -2.11. The van der Waals surface area contributed by atoms with E-state index in [0.29, 0.717) is 5.52 Å². The molecule has 0 aliphatic rings. The van der Waals surface area contributed by atoms with Crippen LogP contribution in [0.3, 0.4) is 0 Å². The first-order chi connectivity index (χ1) is 10.4. The number of fused-ring (bicyclic) bond motifs is 1. The molecule has 0 radical (unpaired) electrons. The van der Waals surface area contributed by atoms with Gasteiger partial charge in [-0.3, -0.25) is 0 Å². The molecule has 0 aliphatic heterocycles. The molecule has 0 N–H and O–H groups in total. The zero-order chi connectivity index (χ0) is 15.9. The van der Waals surface area contributed by atoms with Crippen LogP contribution >= 0.6 is 15.9 Å². The van der Waals surface area contributed by atoms with Crippen molar-refractivity contribution in [1.29, 1.82) is 0 Å². The van der Waals surface area contributed by atoms with Gasteiger partial charge in [0.15, 0.2) is 0 Å². The third-order valence-corrected chi connectivity index (χ3v) is 5.74. The predicted molar refractivity (Wildman–Crippen MR) is 93.5 cm³/mol. The normalized spacial score (nSPS) is 11.7. The smallest absolute Gasteiger partial charge is 0.240 e. The average Bonchev–Trinajstić information content (AvgIpc) is 2.86. The highest BCUT2D eigenvalue weighted by molar-refractivity contribution is 9.10. The SMILES string of the molecule is C=Cc1cn(S(=O)(=O)c2ccc(C)cc2)c2cc(Br)ccc12. The first-order valence-corrected chi connectivity index (χ1v) is 8.92. The molecule has 5 heteroatoms. The van der Waals surface area contributed by atoms with Gasteiger partial charge in [0.05, 0.1) is 10.4 Å². The Balaban J connectivity index is 2.31. The van der Waals surface area contributed by atoms with Gasteiger partial charge in [-0.1, -0.05) is 52.3 Å². The molecule has 0 fully saturated rings. The van der Waals surface area contributed by atoms with E-state index in [-0.39, 0.29) is 4.90 Å². The molecular weight excluding hydrogens is 362 g/mol. The molecule has 0 atom stereocenters. The molecule has 1 heterocycles. The number of hydrogen-bond acceptors (Lipinski definition) is 2. The molecule has 0 amide bonds. The number of aromatic nitrogens is 1. The summed E-state index contributed by atoms with van der Waals surface area (Å²) >= 11 is 3.40. The van der Waals surface area contributed by atoms with Crippen LogP contribution in [0.25, 0.3) is 17.0 Å². The van der Waals surface area contributed by atoms with Gasteiger partial charge in [0.2, 0.25) is 0 Å². The number of benzene rings is 2. The van der Waals surface area contributed by atoms with Crippen LogP contribution in [-0.4, -0.2) is 12.4 Å². The Kier molecular flexibility index (Phi) is 3.70. The number of hydrogen-bond donors (Lipinski definition) is 0. The summed E-state index contributed by atoms with van der Waals surface area (Å²) in [5.74, 6) is 0. The second-order valence-electron chi connectivity index (χ2n) is 5.06. The van der Waals surface area contributed by atoms with Gasteiger partial charge in [0, 0.05) is 21.6 Å². The quantitative estimate of drug-likeness (QED) is 0.671. The highest BCUT2D eigenvalue weighted by atomic mass is 79.9. The Bertz CT molecular complexity index is 970. The monoisotopic (exact) mass is 375 g/mol. The number of nitrogens with zero attached hydrogens (tertiary/aromatic N) is 1. The van der Waals surface area contributed by atoms with Crippen molar-refractivity contribution in [2.75, 3.05) is 0 Å². The molecule has 0 unspecified atom stereocenters. The molecule has 0 bridgehead atoms. The molecule has 112 valence electrons. The van der Waals surface area contributed by atoms with Gasteiger partial charge in [-0.05, 0) is 31.2 Å². The van der Waals surface area contributed by atoms with Crippen LogP contribution in [0.4, 0.5) is 0 Å². The van der Waals surface area contributed by atoms with Gasteiger partial charge in [-0.15, -0.1) is 0 Å². The fraction of sp³-hybridized carbons (Fsp3) is 0.0588. The minimum absolute atomic E-state index is 0.269. The maximum atomic E-state index is 12.9. The summed E-state index contributed by atoms with van der Waals surface area (Å²) in [5.41, 5.74) is 2.44. The fourth-order valence-corrected chi connectivity index (χ4v) is 4.10. The number of aryl methyl sites for hydroxylation is 1. The Hall–Kier alpha value is -1.85. The van der Waals surface area contributed by atoms with Crippen LogP contribution in [0.2, 0.25) is 0 Å². The van der Waals surface area contributed by atoms with Crippen molar-refractivity contribution in [2.45, 2.75) is 11.8 Å². The lowest BCUT2D eigenvalue weighted by Gasteiger charge is -2.08. The highest BCUT2D eigenvalue weighted by Gasteiger charge is 2.20. The van der Waals surface area contributed by atoms with E-state index in [1.807, 2.05) is 19.1 Å². The van der Waals surface area contributed by atoms with Gasteiger partial charge in [-0.2, -0.15) is 0 Å². The van der Waals surface area contributed by atoms with Crippen molar-refractivity contribution in [3.05, 3.63) is 70.8 Å².